The minimum absolute atomic E-state index is 0.861. The van der Waals surface area contributed by atoms with Crippen molar-refractivity contribution in [3.05, 3.63) is 77.1 Å². The molecule has 0 amide bonds. The Hall–Kier alpha value is -2.81. The van der Waals surface area contributed by atoms with Crippen LogP contribution in [0.15, 0.2) is 59.7 Å². The van der Waals surface area contributed by atoms with Crippen LogP contribution < -0.4 is 4.74 Å². The Kier molecular flexibility index (Phi) is 4.52. The van der Waals surface area contributed by atoms with Crippen molar-refractivity contribution in [1.29, 1.82) is 0 Å². The summed E-state index contributed by atoms with van der Waals surface area (Å²) in [6, 6.07) is 16.5. The van der Waals surface area contributed by atoms with Crippen molar-refractivity contribution in [3.8, 4) is 11.4 Å². The third-order valence-corrected chi connectivity index (χ3v) is 4.10. The topological polar surface area (TPSA) is 26.5 Å². The number of methoxy groups -OCH3 is 1. The summed E-state index contributed by atoms with van der Waals surface area (Å²) in [7, 11) is 1.68. The summed E-state index contributed by atoms with van der Waals surface area (Å²) in [5.74, 6) is 0.861. The van der Waals surface area contributed by atoms with Crippen LogP contribution in [0.3, 0.4) is 0 Å². The molecule has 3 nitrogen and oxygen atoms in total. The Balaban J connectivity index is 1.88. The molecule has 0 atom stereocenters. The minimum atomic E-state index is 0.861. The highest BCUT2D eigenvalue weighted by molar-refractivity contribution is 5.82. The van der Waals surface area contributed by atoms with Gasteiger partial charge in [0.05, 0.1) is 12.8 Å². The van der Waals surface area contributed by atoms with Gasteiger partial charge in [0.2, 0.25) is 0 Å². The SMILES string of the molecule is COc1ccc(-n2cc(C=Nc3cc(C)ccc3C)cc2C)cc1. The lowest BCUT2D eigenvalue weighted by Crippen LogP contribution is -1.94. The van der Waals surface area contributed by atoms with E-state index in [2.05, 4.69) is 72.9 Å². The van der Waals surface area contributed by atoms with E-state index in [0.29, 0.717) is 0 Å². The zero-order chi connectivity index (χ0) is 17.1. The second kappa shape index (κ2) is 6.75. The van der Waals surface area contributed by atoms with Crippen molar-refractivity contribution in [2.75, 3.05) is 7.11 Å². The first-order chi connectivity index (χ1) is 11.6. The van der Waals surface area contributed by atoms with Crippen LogP contribution in [0.1, 0.15) is 22.4 Å². The van der Waals surface area contributed by atoms with E-state index in [9.17, 15) is 0 Å². The molecule has 0 saturated carbocycles. The van der Waals surface area contributed by atoms with E-state index in [1.165, 1.54) is 16.8 Å². The van der Waals surface area contributed by atoms with Gasteiger partial charge in [0, 0.05) is 29.4 Å². The fraction of sp³-hybridized carbons (Fsp3) is 0.190. The molecule has 0 aliphatic carbocycles. The highest BCUT2D eigenvalue weighted by Crippen LogP contribution is 2.21. The third-order valence-electron chi connectivity index (χ3n) is 4.10. The number of benzene rings is 2. The molecule has 1 aromatic heterocycles. The Bertz CT molecular complexity index is 873. The second-order valence-electron chi connectivity index (χ2n) is 6.03. The maximum absolute atomic E-state index is 5.22. The molecule has 0 radical (unpaired) electrons. The van der Waals surface area contributed by atoms with E-state index < -0.39 is 0 Å². The molecular formula is C21H22N2O. The molecule has 0 fully saturated rings. The predicted molar refractivity (Wildman–Crippen MR) is 100 cm³/mol. The molecule has 1 heterocycles. The van der Waals surface area contributed by atoms with Crippen molar-refractivity contribution in [1.82, 2.24) is 4.57 Å². The van der Waals surface area contributed by atoms with Crippen LogP contribution in [0.2, 0.25) is 0 Å². The van der Waals surface area contributed by atoms with Crippen molar-refractivity contribution in [3.63, 3.8) is 0 Å². The Morgan fingerprint density at radius 3 is 2.42 bits per heavy atom. The number of rotatable bonds is 4. The zero-order valence-electron chi connectivity index (χ0n) is 14.6. The molecule has 0 spiro atoms. The highest BCUT2D eigenvalue weighted by atomic mass is 16.5. The van der Waals surface area contributed by atoms with Gasteiger partial charge in [-0.25, -0.2) is 0 Å². The summed E-state index contributed by atoms with van der Waals surface area (Å²) in [6.07, 6.45) is 4.03. The Labute approximate surface area is 143 Å². The van der Waals surface area contributed by atoms with Crippen LogP contribution in [0.25, 0.3) is 5.69 Å². The molecule has 0 bridgehead atoms. The molecule has 24 heavy (non-hydrogen) atoms. The molecule has 0 N–H and O–H groups in total. The number of ether oxygens (including phenoxy) is 1. The van der Waals surface area contributed by atoms with Crippen molar-refractivity contribution in [2.45, 2.75) is 20.8 Å². The number of aryl methyl sites for hydroxylation is 3. The Morgan fingerprint density at radius 2 is 1.71 bits per heavy atom. The van der Waals surface area contributed by atoms with Gasteiger partial charge in [-0.2, -0.15) is 0 Å². The van der Waals surface area contributed by atoms with Crippen molar-refractivity contribution in [2.24, 2.45) is 4.99 Å². The van der Waals surface area contributed by atoms with Crippen LogP contribution >= 0.6 is 0 Å². The second-order valence-corrected chi connectivity index (χ2v) is 6.03. The molecule has 3 heteroatoms. The van der Waals surface area contributed by atoms with Crippen LogP contribution in [0, 0.1) is 20.8 Å². The number of hydrogen-bond donors (Lipinski definition) is 0. The Morgan fingerprint density at radius 1 is 0.958 bits per heavy atom. The number of aromatic nitrogens is 1. The highest BCUT2D eigenvalue weighted by Gasteiger charge is 2.04. The maximum Gasteiger partial charge on any atom is 0.119 e. The lowest BCUT2D eigenvalue weighted by molar-refractivity contribution is 0.414. The van der Waals surface area contributed by atoms with E-state index in [0.717, 1.165) is 22.7 Å². The van der Waals surface area contributed by atoms with Gasteiger partial charge in [-0.3, -0.25) is 4.99 Å². The summed E-state index contributed by atoms with van der Waals surface area (Å²) in [5.41, 5.74) is 6.79. The normalized spacial score (nSPS) is 11.2. The van der Waals surface area contributed by atoms with Gasteiger partial charge in [0.25, 0.3) is 0 Å². The molecule has 3 rings (SSSR count). The van der Waals surface area contributed by atoms with Crippen LogP contribution in [0.4, 0.5) is 5.69 Å². The van der Waals surface area contributed by atoms with E-state index in [4.69, 9.17) is 4.74 Å². The first kappa shape index (κ1) is 16.1. The standard InChI is InChI=1S/C21H22N2O/c1-15-5-6-16(2)21(11-15)22-13-18-12-17(3)23(14-18)19-7-9-20(24-4)10-8-19/h5-14H,1-4H3. The van der Waals surface area contributed by atoms with Gasteiger partial charge >= 0.3 is 0 Å². The first-order valence-corrected chi connectivity index (χ1v) is 8.01. The third kappa shape index (κ3) is 3.40. The quantitative estimate of drug-likeness (QED) is 0.610. The van der Waals surface area contributed by atoms with Crippen molar-refractivity contribution >= 4 is 11.9 Å². The fourth-order valence-electron chi connectivity index (χ4n) is 2.69. The number of nitrogens with zero attached hydrogens (tertiary/aromatic N) is 2. The molecule has 0 unspecified atom stereocenters. The maximum atomic E-state index is 5.22. The molecule has 3 aromatic rings. The van der Waals surface area contributed by atoms with Gasteiger partial charge in [0.1, 0.15) is 5.75 Å². The average molecular weight is 318 g/mol. The van der Waals surface area contributed by atoms with Gasteiger partial charge < -0.3 is 9.30 Å². The smallest absolute Gasteiger partial charge is 0.119 e. The number of hydrogen-bond acceptors (Lipinski definition) is 2. The average Bonchev–Trinajstić information content (AvgIpc) is 2.96. The molecule has 122 valence electrons. The number of aliphatic imine (C=N–C) groups is 1. The summed E-state index contributed by atoms with van der Waals surface area (Å²) in [4.78, 5) is 4.65. The zero-order valence-corrected chi connectivity index (χ0v) is 14.6. The molecule has 2 aromatic carbocycles. The van der Waals surface area contributed by atoms with Gasteiger partial charge in [-0.1, -0.05) is 12.1 Å². The van der Waals surface area contributed by atoms with Gasteiger partial charge in [-0.15, -0.1) is 0 Å². The van der Waals surface area contributed by atoms with Crippen LogP contribution in [-0.4, -0.2) is 17.9 Å². The van der Waals surface area contributed by atoms with Crippen LogP contribution in [0.5, 0.6) is 5.75 Å². The fourth-order valence-corrected chi connectivity index (χ4v) is 2.69. The van der Waals surface area contributed by atoms with Gasteiger partial charge in [-0.05, 0) is 68.3 Å². The molecule has 0 saturated heterocycles. The lowest BCUT2D eigenvalue weighted by Gasteiger charge is -2.06. The molecule has 0 aliphatic rings. The predicted octanol–water partition coefficient (Wildman–Crippen LogP) is 5.16. The van der Waals surface area contributed by atoms with E-state index in [1.54, 1.807) is 7.11 Å². The lowest BCUT2D eigenvalue weighted by atomic mass is 10.1. The van der Waals surface area contributed by atoms with E-state index in [1.807, 2.05) is 18.3 Å². The summed E-state index contributed by atoms with van der Waals surface area (Å²) < 4.78 is 7.38. The van der Waals surface area contributed by atoms with Gasteiger partial charge in [0.15, 0.2) is 0 Å². The van der Waals surface area contributed by atoms with E-state index >= 15 is 0 Å². The largest absolute Gasteiger partial charge is 0.497 e. The molecular weight excluding hydrogens is 296 g/mol. The summed E-state index contributed by atoms with van der Waals surface area (Å²) >= 11 is 0. The minimum Gasteiger partial charge on any atom is -0.497 e. The molecule has 0 aliphatic heterocycles. The van der Waals surface area contributed by atoms with Crippen LogP contribution in [-0.2, 0) is 0 Å². The van der Waals surface area contributed by atoms with Crippen molar-refractivity contribution < 1.29 is 4.74 Å². The summed E-state index contributed by atoms with van der Waals surface area (Å²) in [6.45, 7) is 6.27. The summed E-state index contributed by atoms with van der Waals surface area (Å²) in [5, 5.41) is 0. The monoisotopic (exact) mass is 318 g/mol. The van der Waals surface area contributed by atoms with E-state index in [-0.39, 0.29) is 0 Å². The first-order valence-electron chi connectivity index (χ1n) is 8.01.